The second kappa shape index (κ2) is 3.69. The number of alkyl halides is 3. The minimum Gasteiger partial charge on any atom is -0.275 e. The van der Waals surface area contributed by atoms with Crippen molar-refractivity contribution in [2.75, 3.05) is 0 Å². The van der Waals surface area contributed by atoms with E-state index in [4.69, 9.17) is 11.6 Å². The van der Waals surface area contributed by atoms with E-state index in [9.17, 15) is 8.78 Å². The van der Waals surface area contributed by atoms with Gasteiger partial charge < -0.3 is 0 Å². The normalized spacial score (nSPS) is 12.4. The molecule has 0 radical (unpaired) electrons. The molecule has 0 bridgehead atoms. The molecule has 0 saturated heterocycles. The van der Waals surface area contributed by atoms with Crippen LogP contribution in [0.4, 0.5) is 8.78 Å². The van der Waals surface area contributed by atoms with Crippen LogP contribution < -0.4 is 0 Å². The molecule has 10 heteroatoms. The van der Waals surface area contributed by atoms with Crippen molar-refractivity contribution in [3.05, 3.63) is 18.2 Å². The lowest BCUT2D eigenvalue weighted by Gasteiger charge is -2.01. The number of halogens is 3. The van der Waals surface area contributed by atoms with E-state index in [1.807, 2.05) is 0 Å². The summed E-state index contributed by atoms with van der Waals surface area (Å²) in [5.41, 5.74) is 0.719. The van der Waals surface area contributed by atoms with Crippen molar-refractivity contribution in [2.45, 2.75) is 5.38 Å². The number of rotatable bonds is 2. The zero-order chi connectivity index (χ0) is 12.9. The van der Waals surface area contributed by atoms with Gasteiger partial charge in [-0.15, -0.1) is 10.2 Å². The summed E-state index contributed by atoms with van der Waals surface area (Å²) in [7, 11) is 1.75. The van der Waals surface area contributed by atoms with Crippen LogP contribution in [-0.4, -0.2) is 29.6 Å². The minimum atomic E-state index is -3.60. The fourth-order valence-electron chi connectivity index (χ4n) is 1.44. The van der Waals surface area contributed by atoms with E-state index in [1.165, 1.54) is 0 Å². The Morgan fingerprint density at radius 3 is 2.78 bits per heavy atom. The zero-order valence-corrected chi connectivity index (χ0v) is 10.5. The Labute approximate surface area is 108 Å². The fourth-order valence-corrected chi connectivity index (χ4v) is 2.37. The van der Waals surface area contributed by atoms with Crippen LogP contribution in [0.3, 0.4) is 0 Å². The molecule has 0 aliphatic carbocycles. The summed E-state index contributed by atoms with van der Waals surface area (Å²) >= 11 is 6.06. The van der Waals surface area contributed by atoms with Crippen LogP contribution in [-0.2, 0) is 12.4 Å². The predicted molar refractivity (Wildman–Crippen MR) is 60.6 cm³/mol. The first-order chi connectivity index (χ1) is 8.45. The molecule has 3 rings (SSSR count). The van der Waals surface area contributed by atoms with Gasteiger partial charge in [0.2, 0.25) is 10.8 Å². The smallest absolute Gasteiger partial charge is 0.275 e. The minimum absolute atomic E-state index is 0.254. The van der Waals surface area contributed by atoms with Crippen molar-refractivity contribution < 1.29 is 8.78 Å². The van der Waals surface area contributed by atoms with Gasteiger partial charge in [-0.2, -0.15) is 23.5 Å². The molecule has 3 heterocycles. The van der Waals surface area contributed by atoms with Gasteiger partial charge in [-0.3, -0.25) is 4.68 Å². The molecule has 0 aromatic carbocycles. The van der Waals surface area contributed by atoms with E-state index in [2.05, 4.69) is 20.4 Å². The Bertz CT molecular complexity index is 711. The topological polar surface area (TPSA) is 60.9 Å². The Kier molecular flexibility index (Phi) is 2.35. The van der Waals surface area contributed by atoms with Gasteiger partial charge >= 0.3 is 5.38 Å². The molecule has 6 nitrogen and oxygen atoms in total. The highest BCUT2D eigenvalue weighted by Crippen LogP contribution is 2.33. The highest BCUT2D eigenvalue weighted by molar-refractivity contribution is 7.19. The summed E-state index contributed by atoms with van der Waals surface area (Å²) in [6.45, 7) is 0. The second-order valence-electron chi connectivity index (χ2n) is 3.53. The Balaban J connectivity index is 2.15. The number of aromatic nitrogens is 6. The van der Waals surface area contributed by atoms with Crippen LogP contribution >= 0.6 is 22.9 Å². The average molecular weight is 291 g/mol. The van der Waals surface area contributed by atoms with Crippen LogP contribution in [0.1, 0.15) is 5.82 Å². The standard InChI is InChI=1S/C8H5ClF2N6S/c1-16-3-4(2-12-16)5-15-17-6(8(9,10)11)13-14-7(17)18-5/h2-3H,1H3. The highest BCUT2D eigenvalue weighted by atomic mass is 35.5. The molecule has 3 aromatic heterocycles. The summed E-state index contributed by atoms with van der Waals surface area (Å²) in [4.78, 5) is 0.254. The Morgan fingerprint density at radius 2 is 2.17 bits per heavy atom. The van der Waals surface area contributed by atoms with Gasteiger partial charge in [0.05, 0.1) is 11.8 Å². The highest BCUT2D eigenvalue weighted by Gasteiger charge is 2.35. The van der Waals surface area contributed by atoms with E-state index in [1.54, 1.807) is 24.1 Å². The van der Waals surface area contributed by atoms with Gasteiger partial charge in [0.15, 0.2) is 5.01 Å². The lowest BCUT2D eigenvalue weighted by atomic mass is 10.4. The molecule has 0 fully saturated rings. The molecule has 0 atom stereocenters. The lowest BCUT2D eigenvalue weighted by Crippen LogP contribution is -2.10. The Morgan fingerprint density at radius 1 is 1.39 bits per heavy atom. The van der Waals surface area contributed by atoms with Crippen LogP contribution in [0, 0.1) is 0 Å². The summed E-state index contributed by atoms with van der Waals surface area (Å²) in [5, 5.41) is 11.9. The molecular weight excluding hydrogens is 286 g/mol. The number of hydrogen-bond acceptors (Lipinski definition) is 5. The van der Waals surface area contributed by atoms with Crippen molar-refractivity contribution in [3.8, 4) is 10.6 Å². The van der Waals surface area contributed by atoms with E-state index in [0.717, 1.165) is 21.4 Å². The number of aryl methyl sites for hydroxylation is 1. The molecular formula is C8H5ClF2N6S. The summed E-state index contributed by atoms with van der Waals surface area (Å²) in [5.74, 6) is -0.689. The molecule has 18 heavy (non-hydrogen) atoms. The summed E-state index contributed by atoms with van der Waals surface area (Å²) in [6, 6.07) is 0. The molecule has 3 aromatic rings. The summed E-state index contributed by atoms with van der Waals surface area (Å²) < 4.78 is 28.6. The van der Waals surface area contributed by atoms with Gasteiger partial charge in [0.1, 0.15) is 0 Å². The van der Waals surface area contributed by atoms with Crippen molar-refractivity contribution in [3.63, 3.8) is 0 Å². The molecule has 94 valence electrons. The van der Waals surface area contributed by atoms with Crippen molar-refractivity contribution >= 4 is 27.9 Å². The Hall–Kier alpha value is -1.61. The van der Waals surface area contributed by atoms with Crippen LogP contribution in [0.25, 0.3) is 15.5 Å². The molecule has 0 aliphatic rings. The van der Waals surface area contributed by atoms with Crippen molar-refractivity contribution in [1.82, 2.24) is 29.6 Å². The zero-order valence-electron chi connectivity index (χ0n) is 8.88. The molecule has 0 saturated carbocycles. The third-order valence-corrected chi connectivity index (χ3v) is 3.31. The quantitative estimate of drug-likeness (QED) is 0.676. The third-order valence-electron chi connectivity index (χ3n) is 2.20. The predicted octanol–water partition coefficient (Wildman–Crippen LogP) is 1.87. The molecule has 0 unspecified atom stereocenters. The average Bonchev–Trinajstić information content (AvgIpc) is 2.87. The maximum absolute atomic E-state index is 13.0. The molecule has 0 aliphatic heterocycles. The van der Waals surface area contributed by atoms with Crippen molar-refractivity contribution in [1.29, 1.82) is 0 Å². The van der Waals surface area contributed by atoms with Gasteiger partial charge in [-0.05, 0) is 11.6 Å². The van der Waals surface area contributed by atoms with Crippen molar-refractivity contribution in [2.24, 2.45) is 7.05 Å². The molecule has 0 spiro atoms. The van der Waals surface area contributed by atoms with Gasteiger partial charge in [0.25, 0.3) is 0 Å². The van der Waals surface area contributed by atoms with Crippen LogP contribution in [0.2, 0.25) is 0 Å². The lowest BCUT2D eigenvalue weighted by molar-refractivity contribution is 0.0821. The fraction of sp³-hybridized carbons (Fsp3) is 0.250. The van der Waals surface area contributed by atoms with E-state index in [0.29, 0.717) is 5.01 Å². The maximum Gasteiger partial charge on any atom is 0.383 e. The van der Waals surface area contributed by atoms with Crippen LogP contribution in [0.15, 0.2) is 12.4 Å². The second-order valence-corrected chi connectivity index (χ2v) is 4.96. The monoisotopic (exact) mass is 290 g/mol. The van der Waals surface area contributed by atoms with E-state index >= 15 is 0 Å². The summed E-state index contributed by atoms with van der Waals surface area (Å²) in [6.07, 6.45) is 3.31. The largest absolute Gasteiger partial charge is 0.383 e. The first-order valence-corrected chi connectivity index (χ1v) is 5.93. The number of nitrogens with zero attached hydrogens (tertiary/aromatic N) is 6. The van der Waals surface area contributed by atoms with Gasteiger partial charge in [-0.25, -0.2) is 0 Å². The SMILES string of the molecule is Cn1cc(-c2nn3c(C(F)(F)Cl)nnc3s2)cn1. The molecule has 0 amide bonds. The third kappa shape index (κ3) is 1.75. The van der Waals surface area contributed by atoms with E-state index in [-0.39, 0.29) is 4.96 Å². The van der Waals surface area contributed by atoms with Gasteiger partial charge in [0, 0.05) is 13.2 Å². The molecule has 0 N–H and O–H groups in total. The maximum atomic E-state index is 13.0. The number of hydrogen-bond donors (Lipinski definition) is 0. The van der Waals surface area contributed by atoms with Gasteiger partial charge in [-0.1, -0.05) is 11.3 Å². The first kappa shape index (κ1) is 11.5. The van der Waals surface area contributed by atoms with E-state index < -0.39 is 11.2 Å². The first-order valence-electron chi connectivity index (χ1n) is 4.73. The van der Waals surface area contributed by atoms with Crippen LogP contribution in [0.5, 0.6) is 0 Å². The number of fused-ring (bicyclic) bond motifs is 1.